The number of carbonyl (C=O) groups excluding carboxylic acids is 1. The van der Waals surface area contributed by atoms with E-state index in [0.29, 0.717) is 12.1 Å². The monoisotopic (exact) mass is 257 g/mol. The van der Waals surface area contributed by atoms with Crippen LogP contribution in [0, 0.1) is 0 Å². The van der Waals surface area contributed by atoms with E-state index in [1.807, 2.05) is 0 Å². The molecule has 0 bridgehead atoms. The first-order valence-corrected chi connectivity index (χ1v) is 5.62. The summed E-state index contributed by atoms with van der Waals surface area (Å²) in [5.74, 6) is -0.536. The van der Waals surface area contributed by atoms with Crippen LogP contribution in [-0.4, -0.2) is 23.3 Å². The lowest BCUT2D eigenvalue weighted by atomic mass is 10.1. The summed E-state index contributed by atoms with van der Waals surface area (Å²) in [4.78, 5) is 11.7. The van der Waals surface area contributed by atoms with Crippen LogP contribution in [0.5, 0.6) is 0 Å². The SMILES string of the molecule is CC(C)(O)CCOC(=O)c1cccc(N)c1Cl. The van der Waals surface area contributed by atoms with Gasteiger partial charge in [-0.15, -0.1) is 0 Å². The summed E-state index contributed by atoms with van der Waals surface area (Å²) in [5.41, 5.74) is 5.29. The smallest absolute Gasteiger partial charge is 0.339 e. The maximum absolute atomic E-state index is 11.7. The van der Waals surface area contributed by atoms with Crippen molar-refractivity contribution in [2.45, 2.75) is 25.9 Å². The second kappa shape index (κ2) is 5.38. The van der Waals surface area contributed by atoms with Crippen molar-refractivity contribution >= 4 is 23.3 Å². The number of nitrogens with two attached hydrogens (primary N) is 1. The molecular weight excluding hydrogens is 242 g/mol. The second-order valence-corrected chi connectivity index (χ2v) is 4.79. The molecule has 5 heteroatoms. The van der Waals surface area contributed by atoms with Crippen LogP contribution in [0.2, 0.25) is 5.02 Å². The molecule has 0 atom stereocenters. The molecule has 0 aliphatic rings. The summed E-state index contributed by atoms with van der Waals surface area (Å²) in [6.07, 6.45) is 0.360. The van der Waals surface area contributed by atoms with Gasteiger partial charge in [0.05, 0.1) is 28.5 Å². The van der Waals surface area contributed by atoms with Crippen molar-refractivity contribution in [1.29, 1.82) is 0 Å². The average molecular weight is 258 g/mol. The lowest BCUT2D eigenvalue weighted by Crippen LogP contribution is -2.22. The van der Waals surface area contributed by atoms with Crippen LogP contribution < -0.4 is 5.73 Å². The van der Waals surface area contributed by atoms with E-state index in [1.54, 1.807) is 32.0 Å². The van der Waals surface area contributed by atoms with Gasteiger partial charge in [-0.1, -0.05) is 17.7 Å². The number of hydrogen-bond donors (Lipinski definition) is 2. The van der Waals surface area contributed by atoms with Crippen LogP contribution in [0.4, 0.5) is 5.69 Å². The van der Waals surface area contributed by atoms with Gasteiger partial charge in [0.25, 0.3) is 0 Å². The maximum Gasteiger partial charge on any atom is 0.339 e. The molecule has 1 aromatic rings. The normalized spacial score (nSPS) is 11.3. The Labute approximate surface area is 105 Å². The quantitative estimate of drug-likeness (QED) is 0.641. The van der Waals surface area contributed by atoms with Gasteiger partial charge in [0, 0.05) is 6.42 Å². The molecule has 0 saturated carbocycles. The number of hydrogen-bond acceptors (Lipinski definition) is 4. The van der Waals surface area contributed by atoms with Crippen molar-refractivity contribution in [3.05, 3.63) is 28.8 Å². The summed E-state index contributed by atoms with van der Waals surface area (Å²) in [6.45, 7) is 3.43. The van der Waals surface area contributed by atoms with Crippen LogP contribution in [0.15, 0.2) is 18.2 Å². The van der Waals surface area contributed by atoms with E-state index in [9.17, 15) is 9.90 Å². The lowest BCUT2D eigenvalue weighted by molar-refractivity contribution is 0.0244. The van der Waals surface area contributed by atoms with Gasteiger partial charge in [-0.05, 0) is 26.0 Å². The van der Waals surface area contributed by atoms with E-state index in [-0.39, 0.29) is 17.2 Å². The first-order chi connectivity index (χ1) is 7.81. The average Bonchev–Trinajstić information content (AvgIpc) is 2.20. The highest BCUT2D eigenvalue weighted by Gasteiger charge is 2.16. The number of esters is 1. The van der Waals surface area contributed by atoms with Crippen LogP contribution in [0.3, 0.4) is 0 Å². The maximum atomic E-state index is 11.7. The van der Waals surface area contributed by atoms with Crippen molar-refractivity contribution in [3.8, 4) is 0 Å². The van der Waals surface area contributed by atoms with Crippen LogP contribution in [0.1, 0.15) is 30.6 Å². The third kappa shape index (κ3) is 4.24. The molecule has 0 unspecified atom stereocenters. The number of anilines is 1. The molecule has 0 aliphatic heterocycles. The van der Waals surface area contributed by atoms with Gasteiger partial charge in [0.15, 0.2) is 0 Å². The largest absolute Gasteiger partial charge is 0.462 e. The Morgan fingerprint density at radius 3 is 2.76 bits per heavy atom. The Hall–Kier alpha value is -1.26. The Balaban J connectivity index is 2.62. The number of ether oxygens (including phenoxy) is 1. The third-order valence-corrected chi connectivity index (χ3v) is 2.62. The fourth-order valence-electron chi connectivity index (χ4n) is 1.18. The van der Waals surface area contributed by atoms with Crippen molar-refractivity contribution in [2.75, 3.05) is 12.3 Å². The molecule has 0 amide bonds. The highest BCUT2D eigenvalue weighted by Crippen LogP contribution is 2.23. The van der Waals surface area contributed by atoms with E-state index >= 15 is 0 Å². The minimum absolute atomic E-state index is 0.132. The van der Waals surface area contributed by atoms with E-state index in [2.05, 4.69) is 0 Å². The summed E-state index contributed by atoms with van der Waals surface area (Å²) < 4.78 is 5.00. The molecule has 0 saturated heterocycles. The molecule has 17 heavy (non-hydrogen) atoms. The van der Waals surface area contributed by atoms with Crippen LogP contribution >= 0.6 is 11.6 Å². The lowest BCUT2D eigenvalue weighted by Gasteiger charge is -2.16. The van der Waals surface area contributed by atoms with Gasteiger partial charge >= 0.3 is 5.97 Å². The standard InChI is InChI=1S/C12H16ClNO3/c1-12(2,16)6-7-17-11(15)8-4-3-5-9(14)10(8)13/h3-5,16H,6-7,14H2,1-2H3. The molecular formula is C12H16ClNO3. The molecule has 1 rings (SSSR count). The highest BCUT2D eigenvalue weighted by atomic mass is 35.5. The minimum Gasteiger partial charge on any atom is -0.462 e. The zero-order chi connectivity index (χ0) is 13.1. The van der Waals surface area contributed by atoms with Gasteiger partial charge in [-0.3, -0.25) is 0 Å². The molecule has 0 radical (unpaired) electrons. The van der Waals surface area contributed by atoms with Crippen molar-refractivity contribution in [3.63, 3.8) is 0 Å². The van der Waals surface area contributed by atoms with Crippen molar-refractivity contribution in [2.24, 2.45) is 0 Å². The van der Waals surface area contributed by atoms with Crippen molar-refractivity contribution < 1.29 is 14.6 Å². The minimum atomic E-state index is -0.861. The first kappa shape index (κ1) is 13.8. The zero-order valence-corrected chi connectivity index (χ0v) is 10.6. The number of benzene rings is 1. The van der Waals surface area contributed by atoms with E-state index in [4.69, 9.17) is 22.1 Å². The van der Waals surface area contributed by atoms with Gasteiger partial charge in [0.1, 0.15) is 0 Å². The van der Waals surface area contributed by atoms with Gasteiger partial charge in [-0.25, -0.2) is 4.79 Å². The first-order valence-electron chi connectivity index (χ1n) is 5.25. The third-order valence-electron chi connectivity index (χ3n) is 2.20. The number of aliphatic hydroxyl groups is 1. The fourth-order valence-corrected chi connectivity index (χ4v) is 1.38. The Kier molecular flexibility index (Phi) is 4.37. The van der Waals surface area contributed by atoms with Gasteiger partial charge < -0.3 is 15.6 Å². The number of carbonyl (C=O) groups is 1. The molecule has 0 aliphatic carbocycles. The summed E-state index contributed by atoms with van der Waals surface area (Å²) in [5, 5.41) is 9.66. The molecule has 4 nitrogen and oxygen atoms in total. The van der Waals surface area contributed by atoms with E-state index in [1.165, 1.54) is 0 Å². The van der Waals surface area contributed by atoms with Crippen LogP contribution in [-0.2, 0) is 4.74 Å². The predicted octanol–water partition coefficient (Wildman–Crippen LogP) is 2.24. The predicted molar refractivity (Wildman–Crippen MR) is 67.1 cm³/mol. The Morgan fingerprint density at radius 2 is 2.18 bits per heavy atom. The number of rotatable bonds is 4. The molecule has 0 spiro atoms. The second-order valence-electron chi connectivity index (χ2n) is 4.41. The highest BCUT2D eigenvalue weighted by molar-refractivity contribution is 6.36. The summed E-state index contributed by atoms with van der Waals surface area (Å²) >= 11 is 5.88. The number of halogens is 1. The molecule has 0 fully saturated rings. The molecule has 94 valence electrons. The Bertz CT molecular complexity index is 413. The fraction of sp³-hybridized carbons (Fsp3) is 0.417. The number of nitrogen functional groups attached to an aromatic ring is 1. The van der Waals surface area contributed by atoms with Gasteiger partial charge in [0.2, 0.25) is 0 Å². The zero-order valence-electron chi connectivity index (χ0n) is 9.87. The summed E-state index contributed by atoms with van der Waals surface area (Å²) in [7, 11) is 0. The Morgan fingerprint density at radius 1 is 1.53 bits per heavy atom. The van der Waals surface area contributed by atoms with Crippen molar-refractivity contribution in [1.82, 2.24) is 0 Å². The van der Waals surface area contributed by atoms with E-state index < -0.39 is 11.6 Å². The molecule has 0 heterocycles. The van der Waals surface area contributed by atoms with E-state index in [0.717, 1.165) is 0 Å². The van der Waals surface area contributed by atoms with Crippen LogP contribution in [0.25, 0.3) is 0 Å². The summed E-state index contributed by atoms with van der Waals surface area (Å²) in [6, 6.07) is 4.79. The molecule has 1 aromatic carbocycles. The topological polar surface area (TPSA) is 72.5 Å². The molecule has 3 N–H and O–H groups in total. The molecule has 0 aromatic heterocycles. The van der Waals surface area contributed by atoms with Gasteiger partial charge in [-0.2, -0.15) is 0 Å².